The number of hydrogen-bond donors (Lipinski definition) is 3. The quantitative estimate of drug-likeness (QED) is 0.630. The lowest BCUT2D eigenvalue weighted by atomic mass is 10.2. The van der Waals surface area contributed by atoms with Gasteiger partial charge in [0.25, 0.3) is 5.91 Å². The lowest BCUT2D eigenvalue weighted by Gasteiger charge is -2.07. The first-order chi connectivity index (χ1) is 12.3. The molecular weight excluding hydrogens is 361 g/mol. The number of hydrogen-bond acceptors (Lipinski definition) is 4. The number of primary sulfonamides is 1. The maximum atomic E-state index is 13.9. The topological polar surface area (TPSA) is 114 Å². The molecular formula is C17H16FN3O4S. The third-order valence-corrected chi connectivity index (χ3v) is 4.75. The average Bonchev–Trinajstić information content (AvgIpc) is 3.00. The van der Waals surface area contributed by atoms with Gasteiger partial charge in [-0.1, -0.05) is 0 Å². The number of ether oxygens (including phenoxy) is 1. The Morgan fingerprint density at radius 1 is 1.23 bits per heavy atom. The molecule has 0 atom stereocenters. The molecule has 2 aromatic carbocycles. The molecule has 0 bridgehead atoms. The predicted octanol–water partition coefficient (Wildman–Crippen LogP) is 1.89. The highest BCUT2D eigenvalue weighted by Gasteiger charge is 2.17. The Balaban J connectivity index is 1.79. The third kappa shape index (κ3) is 3.68. The van der Waals surface area contributed by atoms with Crippen molar-refractivity contribution in [1.29, 1.82) is 0 Å². The van der Waals surface area contributed by atoms with Crippen LogP contribution in [0.4, 0.5) is 4.39 Å². The van der Waals surface area contributed by atoms with E-state index in [0.717, 1.165) is 29.1 Å². The molecule has 1 amide bonds. The molecule has 0 fully saturated rings. The molecule has 0 unspecified atom stereocenters. The largest absolute Gasteiger partial charge is 0.497 e. The first-order valence-electron chi connectivity index (χ1n) is 7.54. The molecule has 0 spiro atoms. The van der Waals surface area contributed by atoms with E-state index in [-0.39, 0.29) is 11.4 Å². The molecule has 9 heteroatoms. The number of benzene rings is 2. The van der Waals surface area contributed by atoms with Gasteiger partial charge in [0, 0.05) is 16.6 Å². The third-order valence-electron chi connectivity index (χ3n) is 3.83. The molecule has 1 aromatic heterocycles. The van der Waals surface area contributed by atoms with Crippen LogP contribution in [-0.4, -0.2) is 26.4 Å². The highest BCUT2D eigenvalue weighted by Crippen LogP contribution is 2.21. The second kappa shape index (κ2) is 6.77. The number of H-pyrrole nitrogens is 1. The normalized spacial score (nSPS) is 11.5. The first-order valence-corrected chi connectivity index (χ1v) is 9.09. The minimum atomic E-state index is -4.03. The summed E-state index contributed by atoms with van der Waals surface area (Å²) in [6.07, 6.45) is 0. The lowest BCUT2D eigenvalue weighted by Crippen LogP contribution is -2.24. The summed E-state index contributed by atoms with van der Waals surface area (Å²) >= 11 is 0. The van der Waals surface area contributed by atoms with Gasteiger partial charge in [-0.05, 0) is 42.5 Å². The molecule has 0 radical (unpaired) electrons. The van der Waals surface area contributed by atoms with Gasteiger partial charge in [-0.15, -0.1) is 0 Å². The van der Waals surface area contributed by atoms with Crippen LogP contribution in [-0.2, 0) is 16.6 Å². The maximum absolute atomic E-state index is 13.9. The molecule has 136 valence electrons. The molecule has 26 heavy (non-hydrogen) atoms. The summed E-state index contributed by atoms with van der Waals surface area (Å²) in [5, 5.41) is 8.46. The Kier molecular flexibility index (Phi) is 4.66. The summed E-state index contributed by atoms with van der Waals surface area (Å²) in [5.41, 5.74) is 1.16. The van der Waals surface area contributed by atoms with E-state index in [4.69, 9.17) is 9.88 Å². The number of aromatic amines is 1. The minimum absolute atomic E-state index is 0.106. The predicted molar refractivity (Wildman–Crippen MR) is 93.8 cm³/mol. The van der Waals surface area contributed by atoms with E-state index < -0.39 is 27.3 Å². The van der Waals surface area contributed by atoms with Crippen LogP contribution in [0.5, 0.6) is 5.75 Å². The van der Waals surface area contributed by atoms with E-state index in [0.29, 0.717) is 11.4 Å². The molecule has 0 saturated heterocycles. The van der Waals surface area contributed by atoms with E-state index >= 15 is 0 Å². The number of halogens is 1. The standard InChI is InChI=1S/C17H16FN3O4S/c1-25-12-2-5-16-10(7-12)6-11(21-16)9-20-17(22)14-8-13(26(19,23)24)3-4-15(14)18/h2-8,21H,9H2,1H3,(H,20,22)(H2,19,23,24). The maximum Gasteiger partial charge on any atom is 0.254 e. The van der Waals surface area contributed by atoms with Gasteiger partial charge in [-0.2, -0.15) is 0 Å². The Morgan fingerprint density at radius 3 is 2.69 bits per heavy atom. The van der Waals surface area contributed by atoms with Crippen LogP contribution in [0.2, 0.25) is 0 Å². The van der Waals surface area contributed by atoms with Crippen molar-refractivity contribution in [1.82, 2.24) is 10.3 Å². The Hall–Kier alpha value is -2.91. The van der Waals surface area contributed by atoms with Crippen LogP contribution in [0.25, 0.3) is 10.9 Å². The summed E-state index contributed by atoms with van der Waals surface area (Å²) in [6.45, 7) is 0.106. The van der Waals surface area contributed by atoms with Crippen molar-refractivity contribution in [2.75, 3.05) is 7.11 Å². The fourth-order valence-electron chi connectivity index (χ4n) is 2.52. The summed E-state index contributed by atoms with van der Waals surface area (Å²) < 4.78 is 41.7. The number of sulfonamides is 1. The molecule has 4 N–H and O–H groups in total. The monoisotopic (exact) mass is 377 g/mol. The number of carbonyl (C=O) groups is 1. The summed E-state index contributed by atoms with van der Waals surface area (Å²) in [7, 11) is -2.46. The molecule has 1 heterocycles. The van der Waals surface area contributed by atoms with Crippen molar-refractivity contribution >= 4 is 26.8 Å². The van der Waals surface area contributed by atoms with Crippen LogP contribution >= 0.6 is 0 Å². The van der Waals surface area contributed by atoms with Crippen molar-refractivity contribution in [2.45, 2.75) is 11.4 Å². The summed E-state index contributed by atoms with van der Waals surface area (Å²) in [5.74, 6) is -0.880. The minimum Gasteiger partial charge on any atom is -0.497 e. The molecule has 3 aromatic rings. The van der Waals surface area contributed by atoms with Crippen LogP contribution in [0.1, 0.15) is 16.1 Å². The van der Waals surface area contributed by atoms with Gasteiger partial charge in [0.05, 0.1) is 24.1 Å². The molecule has 3 rings (SSSR count). The van der Waals surface area contributed by atoms with Gasteiger partial charge < -0.3 is 15.0 Å². The van der Waals surface area contributed by atoms with Crippen LogP contribution < -0.4 is 15.2 Å². The second-order valence-corrected chi connectivity index (χ2v) is 7.18. The smallest absolute Gasteiger partial charge is 0.254 e. The zero-order chi connectivity index (χ0) is 18.9. The van der Waals surface area contributed by atoms with Crippen LogP contribution in [0.3, 0.4) is 0 Å². The SMILES string of the molecule is COc1ccc2[nH]c(CNC(=O)c3cc(S(N)(=O)=O)ccc3F)cc2c1. The van der Waals surface area contributed by atoms with Crippen LogP contribution in [0.15, 0.2) is 47.4 Å². The van der Waals surface area contributed by atoms with Crippen molar-refractivity contribution in [3.05, 3.63) is 59.5 Å². The van der Waals surface area contributed by atoms with Crippen molar-refractivity contribution in [2.24, 2.45) is 5.14 Å². The van der Waals surface area contributed by atoms with Crippen LogP contribution in [0, 0.1) is 5.82 Å². The highest BCUT2D eigenvalue weighted by atomic mass is 32.2. The van der Waals surface area contributed by atoms with Gasteiger partial charge in [-0.3, -0.25) is 4.79 Å². The van der Waals surface area contributed by atoms with Gasteiger partial charge in [0.1, 0.15) is 11.6 Å². The lowest BCUT2D eigenvalue weighted by molar-refractivity contribution is 0.0946. The highest BCUT2D eigenvalue weighted by molar-refractivity contribution is 7.89. The molecule has 7 nitrogen and oxygen atoms in total. The molecule has 0 saturated carbocycles. The number of fused-ring (bicyclic) bond motifs is 1. The van der Waals surface area contributed by atoms with Gasteiger partial charge in [0.15, 0.2) is 0 Å². The fraction of sp³-hybridized carbons (Fsp3) is 0.118. The van der Waals surface area contributed by atoms with E-state index in [2.05, 4.69) is 10.3 Å². The van der Waals surface area contributed by atoms with Gasteiger partial charge >= 0.3 is 0 Å². The number of nitrogens with one attached hydrogen (secondary N) is 2. The Morgan fingerprint density at radius 2 is 2.00 bits per heavy atom. The van der Waals surface area contributed by atoms with E-state index in [1.54, 1.807) is 13.2 Å². The summed E-state index contributed by atoms with van der Waals surface area (Å²) in [6, 6.07) is 10.1. The number of nitrogens with two attached hydrogens (primary N) is 1. The van der Waals surface area contributed by atoms with E-state index in [9.17, 15) is 17.6 Å². The average molecular weight is 377 g/mol. The van der Waals surface area contributed by atoms with Gasteiger partial charge in [0.2, 0.25) is 10.0 Å². The number of carbonyl (C=O) groups excluding carboxylic acids is 1. The number of methoxy groups -OCH3 is 1. The van der Waals surface area contributed by atoms with E-state index in [1.807, 2.05) is 18.2 Å². The fourth-order valence-corrected chi connectivity index (χ4v) is 3.06. The van der Waals surface area contributed by atoms with E-state index in [1.165, 1.54) is 0 Å². The second-order valence-electron chi connectivity index (χ2n) is 5.62. The van der Waals surface area contributed by atoms with Gasteiger partial charge in [-0.25, -0.2) is 17.9 Å². The molecule has 0 aliphatic heterocycles. The van der Waals surface area contributed by atoms with Crippen molar-refractivity contribution in [3.8, 4) is 5.75 Å². The first kappa shape index (κ1) is 17.9. The van der Waals surface area contributed by atoms with Crippen molar-refractivity contribution < 1.29 is 22.3 Å². The molecule has 0 aliphatic rings. The van der Waals surface area contributed by atoms with Crippen molar-refractivity contribution in [3.63, 3.8) is 0 Å². The Bertz CT molecular complexity index is 1090. The zero-order valence-corrected chi connectivity index (χ0v) is 14.6. The zero-order valence-electron chi connectivity index (χ0n) is 13.7. The number of rotatable bonds is 5. The Labute approximate surface area is 149 Å². The molecule has 0 aliphatic carbocycles. The number of amides is 1. The number of aromatic nitrogens is 1. The summed E-state index contributed by atoms with van der Waals surface area (Å²) in [4.78, 5) is 15.0.